The molecule has 0 aliphatic carbocycles. The number of rotatable bonds is 10. The van der Waals surface area contributed by atoms with Crippen molar-refractivity contribution in [3.8, 4) is 5.75 Å². The van der Waals surface area contributed by atoms with Gasteiger partial charge in [-0.2, -0.15) is 0 Å². The smallest absolute Gasteiger partial charge is 0.323 e. The summed E-state index contributed by atoms with van der Waals surface area (Å²) in [5, 5.41) is 24.8. The number of hydrogen-bond donors (Lipinski definition) is 4. The highest BCUT2D eigenvalue weighted by molar-refractivity contribution is 8.09. The van der Waals surface area contributed by atoms with Crippen molar-refractivity contribution >= 4 is 30.3 Å². The summed E-state index contributed by atoms with van der Waals surface area (Å²) in [5.41, 5.74) is 3.98. The van der Waals surface area contributed by atoms with Crippen LogP contribution in [0.15, 0.2) is 60.0 Å². The van der Waals surface area contributed by atoms with Gasteiger partial charge in [-0.25, -0.2) is 10.1 Å². The lowest BCUT2D eigenvalue weighted by molar-refractivity contribution is -0.149. The maximum Gasteiger partial charge on any atom is 0.323 e. The van der Waals surface area contributed by atoms with Gasteiger partial charge in [0, 0.05) is 6.20 Å². The maximum atomic E-state index is 12.4. The topological polar surface area (TPSA) is 148 Å². The van der Waals surface area contributed by atoms with E-state index in [-0.39, 0.29) is 24.4 Å². The fraction of sp³-hybridized carbons (Fsp3) is 0.478. The number of aliphatic hydroxyl groups excluding tert-OH is 1. The Morgan fingerprint density at radius 2 is 2.06 bits per heavy atom. The Morgan fingerprint density at radius 3 is 2.67 bits per heavy atom. The normalized spacial score (nSPS) is 28.5. The Kier molecular flexibility index (Phi) is 8.94. The molecule has 3 rings (SSSR count). The predicted octanol–water partition coefficient (Wildman–Crippen LogP) is 1.73. The molecule has 0 amide bonds. The van der Waals surface area contributed by atoms with Gasteiger partial charge in [-0.1, -0.05) is 24.8 Å². The van der Waals surface area contributed by atoms with Crippen molar-refractivity contribution in [3.63, 3.8) is 0 Å². The molecule has 2 aliphatic heterocycles. The predicted molar refractivity (Wildman–Crippen MR) is 138 cm³/mol. The zero-order valence-electron chi connectivity index (χ0n) is 20.6. The quantitative estimate of drug-likeness (QED) is 0.254. The van der Waals surface area contributed by atoms with Crippen molar-refractivity contribution in [1.29, 1.82) is 0 Å². The van der Waals surface area contributed by atoms with Crippen LogP contribution in [0.3, 0.4) is 0 Å². The molecular weight excluding hydrogens is 507 g/mol. The highest BCUT2D eigenvalue weighted by Gasteiger charge is 2.55. The average Bonchev–Trinajstić information content (AvgIpc) is 3.01. The zero-order chi connectivity index (χ0) is 26.7. The molecule has 0 radical (unpaired) electrons. The molecule has 11 nitrogen and oxygen atoms in total. The van der Waals surface area contributed by atoms with Crippen molar-refractivity contribution in [1.82, 2.24) is 9.99 Å². The Bertz CT molecular complexity index is 1070. The van der Waals surface area contributed by atoms with Crippen molar-refractivity contribution < 1.29 is 33.5 Å². The molecule has 2 aliphatic rings. The second-order valence-electron chi connectivity index (χ2n) is 8.91. The van der Waals surface area contributed by atoms with Gasteiger partial charge in [-0.3, -0.25) is 4.79 Å². The number of carbonyl (C=O) groups excluding carboxylic acids is 1. The third-order valence-electron chi connectivity index (χ3n) is 5.40. The summed E-state index contributed by atoms with van der Waals surface area (Å²) in [6, 6.07) is 7.92. The van der Waals surface area contributed by atoms with Gasteiger partial charge >= 0.3 is 12.6 Å². The number of nitrogens with zero attached hydrogens (tertiary/aromatic N) is 2. The molecule has 5 N–H and O–H groups in total. The third-order valence-corrected chi connectivity index (χ3v) is 7.90. The van der Waals surface area contributed by atoms with Crippen LogP contribution in [0.5, 0.6) is 5.75 Å². The molecule has 1 aromatic carbocycles. The molecule has 0 spiro atoms. The summed E-state index contributed by atoms with van der Waals surface area (Å²) in [6.45, 7) is 6.73. The number of aliphatic imine (C=N–C) groups is 1. The maximum absolute atomic E-state index is 12.4. The fourth-order valence-electron chi connectivity index (χ4n) is 3.58. The van der Waals surface area contributed by atoms with E-state index in [1.165, 1.54) is 17.9 Å². The SMILES string of the molecule is C=C1N=C(N)C=CN1[C@@H]1O[C@H](COP(=S)(NC(C)C(=O)OC(C)C)Oc2ccccc2)C(O)C1(C)O. The van der Waals surface area contributed by atoms with E-state index in [4.69, 9.17) is 36.1 Å². The van der Waals surface area contributed by atoms with Crippen LogP contribution in [-0.4, -0.2) is 69.7 Å². The standard InChI is InChI=1S/C23H33N4O7PS/c1-14(2)32-21(29)15(3)26-35(36,34-17-9-7-6-8-10-17)31-13-18-20(28)23(5,30)22(33-18)27-12-11-19(24)25-16(27)4/h6-12,14-15,18,20,22,28,30H,4,13H2,1-3,5H3,(H2,24,25)(H,26,36)/t15?,18-,20?,22-,23?,35?/m1/s1. The first-order valence-electron chi connectivity index (χ1n) is 11.4. The van der Waals surface area contributed by atoms with Crippen molar-refractivity contribution in [2.24, 2.45) is 10.7 Å². The molecule has 0 aromatic heterocycles. The van der Waals surface area contributed by atoms with E-state index in [0.717, 1.165) is 0 Å². The van der Waals surface area contributed by atoms with E-state index in [0.29, 0.717) is 5.75 Å². The number of nitrogens with two attached hydrogens (primary N) is 1. The Hall–Kier alpha value is -2.31. The first kappa shape index (κ1) is 28.3. The summed E-state index contributed by atoms with van der Waals surface area (Å²) in [7, 11) is 0. The van der Waals surface area contributed by atoms with Crippen LogP contribution in [0.2, 0.25) is 0 Å². The van der Waals surface area contributed by atoms with E-state index in [1.54, 1.807) is 51.2 Å². The highest BCUT2D eigenvalue weighted by Crippen LogP contribution is 2.46. The van der Waals surface area contributed by atoms with E-state index < -0.39 is 42.7 Å². The van der Waals surface area contributed by atoms with Gasteiger partial charge in [0.1, 0.15) is 41.3 Å². The molecule has 13 heteroatoms. The van der Waals surface area contributed by atoms with E-state index in [2.05, 4.69) is 16.7 Å². The van der Waals surface area contributed by atoms with Crippen LogP contribution < -0.4 is 15.3 Å². The molecule has 1 aromatic rings. The number of amidine groups is 1. The molecule has 2 heterocycles. The Morgan fingerprint density at radius 1 is 1.39 bits per heavy atom. The van der Waals surface area contributed by atoms with E-state index in [1.807, 2.05) is 6.07 Å². The molecule has 36 heavy (non-hydrogen) atoms. The molecule has 0 saturated carbocycles. The lowest BCUT2D eigenvalue weighted by Crippen LogP contribution is -2.51. The van der Waals surface area contributed by atoms with Gasteiger partial charge in [0.25, 0.3) is 0 Å². The first-order chi connectivity index (χ1) is 16.8. The molecule has 6 atom stereocenters. The molecule has 0 bridgehead atoms. The van der Waals surface area contributed by atoms with Gasteiger partial charge in [0.15, 0.2) is 6.23 Å². The number of esters is 1. The number of para-hydroxylation sites is 1. The summed E-state index contributed by atoms with van der Waals surface area (Å²) >= 11 is 5.69. The minimum Gasteiger partial charge on any atom is -0.462 e. The largest absolute Gasteiger partial charge is 0.462 e. The lowest BCUT2D eigenvalue weighted by Gasteiger charge is -2.35. The Labute approximate surface area is 215 Å². The lowest BCUT2D eigenvalue weighted by atomic mass is 9.96. The highest BCUT2D eigenvalue weighted by atomic mass is 32.5. The molecule has 1 saturated heterocycles. The molecule has 1 fully saturated rings. The monoisotopic (exact) mass is 540 g/mol. The average molecular weight is 541 g/mol. The number of hydrogen-bond acceptors (Lipinski definition) is 11. The van der Waals surface area contributed by atoms with Crippen molar-refractivity contribution in [2.75, 3.05) is 6.61 Å². The van der Waals surface area contributed by atoms with Crippen LogP contribution in [0, 0.1) is 0 Å². The number of benzene rings is 1. The Balaban J connectivity index is 1.75. The van der Waals surface area contributed by atoms with Gasteiger partial charge in [0.05, 0.1) is 12.7 Å². The number of nitrogens with one attached hydrogen (secondary N) is 1. The zero-order valence-corrected chi connectivity index (χ0v) is 22.3. The van der Waals surface area contributed by atoms with Crippen LogP contribution in [0.4, 0.5) is 0 Å². The third kappa shape index (κ3) is 6.71. The number of ether oxygens (including phenoxy) is 2. The van der Waals surface area contributed by atoms with Crippen molar-refractivity contribution in [3.05, 3.63) is 55.0 Å². The van der Waals surface area contributed by atoms with Crippen molar-refractivity contribution in [2.45, 2.75) is 63.9 Å². The number of aliphatic hydroxyl groups is 2. The van der Waals surface area contributed by atoms with Gasteiger partial charge < -0.3 is 39.4 Å². The number of carbonyl (C=O) groups is 1. The molecule has 198 valence electrons. The summed E-state index contributed by atoms with van der Waals surface area (Å²) in [5.74, 6) is 0.408. The van der Waals surface area contributed by atoms with E-state index >= 15 is 0 Å². The van der Waals surface area contributed by atoms with Crippen LogP contribution >= 0.6 is 6.64 Å². The van der Waals surface area contributed by atoms with Gasteiger partial charge in [0.2, 0.25) is 0 Å². The minimum absolute atomic E-state index is 0.241. The summed E-state index contributed by atoms with van der Waals surface area (Å²) < 4.78 is 23.1. The second-order valence-corrected chi connectivity index (χ2v) is 12.0. The summed E-state index contributed by atoms with van der Waals surface area (Å²) in [4.78, 5) is 17.9. The van der Waals surface area contributed by atoms with Gasteiger partial charge in [-0.05, 0) is 57.7 Å². The summed E-state index contributed by atoms with van der Waals surface area (Å²) in [6.07, 6.45) is -0.588. The molecule has 4 unspecified atom stereocenters. The first-order valence-corrected chi connectivity index (χ1v) is 14.0. The second kappa shape index (κ2) is 11.4. The van der Waals surface area contributed by atoms with E-state index in [9.17, 15) is 15.0 Å². The van der Waals surface area contributed by atoms with Crippen LogP contribution in [0.1, 0.15) is 27.7 Å². The molecular formula is C23H33N4O7PS. The minimum atomic E-state index is -3.36. The van der Waals surface area contributed by atoms with Gasteiger partial charge in [-0.15, -0.1) is 0 Å². The fourth-order valence-corrected chi connectivity index (χ4v) is 6.00. The van der Waals surface area contributed by atoms with Crippen LogP contribution in [0.25, 0.3) is 0 Å². The van der Waals surface area contributed by atoms with Crippen LogP contribution in [-0.2, 0) is 30.6 Å².